The minimum Gasteiger partial charge on any atom is -0.342 e. The van der Waals surface area contributed by atoms with E-state index in [0.29, 0.717) is 17.5 Å². The van der Waals surface area contributed by atoms with Crippen LogP contribution >= 0.6 is 24.8 Å². The van der Waals surface area contributed by atoms with Crippen LogP contribution in [0.2, 0.25) is 0 Å². The molecule has 0 aliphatic carbocycles. The first-order valence-electron chi connectivity index (χ1n) is 7.92. The van der Waals surface area contributed by atoms with Crippen LogP contribution < -0.4 is 10.6 Å². The first kappa shape index (κ1) is 20.7. The fraction of sp³-hybridized carbons (Fsp3) is 0.562. The van der Waals surface area contributed by atoms with Crippen molar-refractivity contribution in [3.63, 3.8) is 0 Å². The Balaban J connectivity index is 0.00000144. The topological polar surface area (TPSA) is 74.3 Å². The zero-order valence-electron chi connectivity index (χ0n) is 13.4. The number of carbonyl (C=O) groups is 2. The number of halogens is 2. The SMILES string of the molecule is Cl.Cl.O=C(NCC(=O)N1CC[C@@H]2CNC[C@@H]2CC1)c1ccccn1. The number of carbonyl (C=O) groups excluding carboxylic acids is 2. The molecular weight excluding hydrogens is 351 g/mol. The summed E-state index contributed by atoms with van der Waals surface area (Å²) in [5.41, 5.74) is 0.340. The van der Waals surface area contributed by atoms with E-state index in [1.54, 1.807) is 24.4 Å². The molecule has 3 heterocycles. The molecule has 2 fully saturated rings. The van der Waals surface area contributed by atoms with Crippen molar-refractivity contribution in [3.8, 4) is 0 Å². The lowest BCUT2D eigenvalue weighted by Gasteiger charge is -2.21. The molecule has 2 aliphatic heterocycles. The van der Waals surface area contributed by atoms with E-state index >= 15 is 0 Å². The van der Waals surface area contributed by atoms with Gasteiger partial charge in [-0.15, -0.1) is 24.8 Å². The Morgan fingerprint density at radius 3 is 2.42 bits per heavy atom. The van der Waals surface area contributed by atoms with E-state index < -0.39 is 0 Å². The molecule has 0 spiro atoms. The molecule has 0 aromatic carbocycles. The molecular formula is C16H24Cl2N4O2. The summed E-state index contributed by atoms with van der Waals surface area (Å²) in [4.78, 5) is 30.1. The summed E-state index contributed by atoms with van der Waals surface area (Å²) >= 11 is 0. The van der Waals surface area contributed by atoms with Crippen molar-refractivity contribution in [1.82, 2.24) is 20.5 Å². The normalized spacial score (nSPS) is 22.4. The smallest absolute Gasteiger partial charge is 0.270 e. The summed E-state index contributed by atoms with van der Waals surface area (Å²) in [7, 11) is 0. The maximum Gasteiger partial charge on any atom is 0.270 e. The minimum atomic E-state index is -0.301. The Hall–Kier alpha value is -1.37. The summed E-state index contributed by atoms with van der Waals surface area (Å²) in [5, 5.41) is 6.09. The third kappa shape index (κ3) is 5.06. The van der Waals surface area contributed by atoms with Gasteiger partial charge in [-0.3, -0.25) is 14.6 Å². The van der Waals surface area contributed by atoms with E-state index in [1.165, 1.54) is 0 Å². The number of rotatable bonds is 3. The van der Waals surface area contributed by atoms with E-state index in [1.807, 2.05) is 4.90 Å². The fourth-order valence-corrected chi connectivity index (χ4v) is 3.32. The molecule has 24 heavy (non-hydrogen) atoms. The van der Waals surface area contributed by atoms with Gasteiger partial charge in [0.1, 0.15) is 5.69 Å². The molecule has 2 atom stereocenters. The van der Waals surface area contributed by atoms with Crippen LogP contribution in [-0.2, 0) is 4.79 Å². The standard InChI is InChI=1S/C16H22N4O2.2ClH/c21-15(11-19-16(22)14-3-1-2-6-18-14)20-7-4-12-9-17-10-13(12)5-8-20;;/h1-3,6,12-13,17H,4-5,7-11H2,(H,19,22);2*1H/t12-,13+;;. The number of amides is 2. The summed E-state index contributed by atoms with van der Waals surface area (Å²) < 4.78 is 0. The van der Waals surface area contributed by atoms with Crippen LogP contribution in [0.3, 0.4) is 0 Å². The Morgan fingerprint density at radius 1 is 1.17 bits per heavy atom. The molecule has 3 rings (SSSR count). The van der Waals surface area contributed by atoms with Crippen LogP contribution in [-0.4, -0.2) is 54.4 Å². The quantitative estimate of drug-likeness (QED) is 0.830. The molecule has 0 bridgehead atoms. The maximum atomic E-state index is 12.3. The Kier molecular flexibility index (Phi) is 8.45. The molecule has 0 saturated carbocycles. The lowest BCUT2D eigenvalue weighted by molar-refractivity contribution is -0.130. The predicted molar refractivity (Wildman–Crippen MR) is 96.7 cm³/mol. The van der Waals surface area contributed by atoms with Crippen LogP contribution in [0.1, 0.15) is 23.3 Å². The molecule has 2 aliphatic rings. The molecule has 0 radical (unpaired) electrons. The predicted octanol–water partition coefficient (Wildman–Crippen LogP) is 1.11. The molecule has 2 saturated heterocycles. The van der Waals surface area contributed by atoms with Crippen LogP contribution in [0.25, 0.3) is 0 Å². The number of aromatic nitrogens is 1. The van der Waals surface area contributed by atoms with Crippen molar-refractivity contribution in [2.24, 2.45) is 11.8 Å². The average Bonchev–Trinajstić information content (AvgIpc) is 2.91. The van der Waals surface area contributed by atoms with Crippen LogP contribution in [0.4, 0.5) is 0 Å². The fourth-order valence-electron chi connectivity index (χ4n) is 3.32. The molecule has 2 N–H and O–H groups in total. The Labute approximate surface area is 154 Å². The zero-order valence-corrected chi connectivity index (χ0v) is 15.1. The number of likely N-dealkylation sites (tertiary alicyclic amines) is 1. The lowest BCUT2D eigenvalue weighted by Crippen LogP contribution is -2.41. The summed E-state index contributed by atoms with van der Waals surface area (Å²) in [6.07, 6.45) is 3.67. The molecule has 1 aromatic heterocycles. The first-order chi connectivity index (χ1) is 10.7. The molecule has 2 amide bonds. The summed E-state index contributed by atoms with van der Waals surface area (Å²) in [5.74, 6) is 1.09. The molecule has 1 aromatic rings. The highest BCUT2D eigenvalue weighted by atomic mass is 35.5. The van der Waals surface area contributed by atoms with Crippen LogP contribution in [0.15, 0.2) is 24.4 Å². The highest BCUT2D eigenvalue weighted by molar-refractivity contribution is 5.94. The van der Waals surface area contributed by atoms with Gasteiger partial charge < -0.3 is 15.5 Å². The van der Waals surface area contributed by atoms with E-state index in [-0.39, 0.29) is 43.2 Å². The molecule has 8 heteroatoms. The summed E-state index contributed by atoms with van der Waals surface area (Å²) in [6.45, 7) is 3.78. The zero-order chi connectivity index (χ0) is 15.4. The second-order valence-corrected chi connectivity index (χ2v) is 6.03. The number of nitrogens with one attached hydrogen (secondary N) is 2. The van der Waals surface area contributed by atoms with E-state index in [9.17, 15) is 9.59 Å². The number of hydrogen-bond acceptors (Lipinski definition) is 4. The Morgan fingerprint density at radius 2 is 1.83 bits per heavy atom. The maximum absolute atomic E-state index is 12.3. The largest absolute Gasteiger partial charge is 0.342 e. The monoisotopic (exact) mass is 374 g/mol. The number of hydrogen-bond donors (Lipinski definition) is 2. The summed E-state index contributed by atoms with van der Waals surface area (Å²) in [6, 6.07) is 5.15. The lowest BCUT2D eigenvalue weighted by atomic mass is 9.92. The van der Waals surface area contributed by atoms with Crippen molar-refractivity contribution in [2.75, 3.05) is 32.7 Å². The van der Waals surface area contributed by atoms with Gasteiger partial charge in [-0.2, -0.15) is 0 Å². The highest BCUT2D eigenvalue weighted by Crippen LogP contribution is 2.26. The van der Waals surface area contributed by atoms with Gasteiger partial charge in [0.15, 0.2) is 0 Å². The second kappa shape index (κ2) is 9.81. The van der Waals surface area contributed by atoms with Gasteiger partial charge in [-0.1, -0.05) is 6.07 Å². The van der Waals surface area contributed by atoms with Gasteiger partial charge in [-0.25, -0.2) is 0 Å². The average molecular weight is 375 g/mol. The van der Waals surface area contributed by atoms with Crippen molar-refractivity contribution in [2.45, 2.75) is 12.8 Å². The third-order valence-corrected chi connectivity index (χ3v) is 4.67. The highest BCUT2D eigenvalue weighted by Gasteiger charge is 2.31. The molecule has 6 nitrogen and oxygen atoms in total. The van der Waals surface area contributed by atoms with Crippen LogP contribution in [0.5, 0.6) is 0 Å². The van der Waals surface area contributed by atoms with Gasteiger partial charge in [-0.05, 0) is 49.9 Å². The van der Waals surface area contributed by atoms with E-state index in [4.69, 9.17) is 0 Å². The first-order valence-corrected chi connectivity index (χ1v) is 7.92. The van der Waals surface area contributed by atoms with Crippen LogP contribution in [0, 0.1) is 11.8 Å². The van der Waals surface area contributed by atoms with E-state index in [2.05, 4.69) is 15.6 Å². The van der Waals surface area contributed by atoms with Gasteiger partial charge >= 0.3 is 0 Å². The molecule has 134 valence electrons. The van der Waals surface area contributed by atoms with Crippen molar-refractivity contribution in [3.05, 3.63) is 30.1 Å². The van der Waals surface area contributed by atoms with Crippen molar-refractivity contribution >= 4 is 36.6 Å². The Bertz CT molecular complexity index is 530. The number of pyridine rings is 1. The minimum absolute atomic E-state index is 0. The second-order valence-electron chi connectivity index (χ2n) is 6.03. The van der Waals surface area contributed by atoms with Gasteiger partial charge in [0, 0.05) is 19.3 Å². The molecule has 0 unspecified atom stereocenters. The van der Waals surface area contributed by atoms with Gasteiger partial charge in [0.2, 0.25) is 5.91 Å². The third-order valence-electron chi connectivity index (χ3n) is 4.67. The van der Waals surface area contributed by atoms with Crippen molar-refractivity contribution in [1.29, 1.82) is 0 Å². The van der Waals surface area contributed by atoms with E-state index in [0.717, 1.165) is 39.0 Å². The van der Waals surface area contributed by atoms with Crippen molar-refractivity contribution < 1.29 is 9.59 Å². The van der Waals surface area contributed by atoms with Gasteiger partial charge in [0.25, 0.3) is 5.91 Å². The number of nitrogens with zero attached hydrogens (tertiary/aromatic N) is 2. The number of fused-ring (bicyclic) bond motifs is 1. The van der Waals surface area contributed by atoms with Gasteiger partial charge in [0.05, 0.1) is 6.54 Å².